The van der Waals surface area contributed by atoms with E-state index in [1.165, 1.54) is 0 Å². The second-order valence-electron chi connectivity index (χ2n) is 3.98. The van der Waals surface area contributed by atoms with Gasteiger partial charge in [-0.2, -0.15) is 0 Å². The molecule has 94 valence electrons. The lowest BCUT2D eigenvalue weighted by Gasteiger charge is -2.24. The topological polar surface area (TPSA) is 44.0 Å². The summed E-state index contributed by atoms with van der Waals surface area (Å²) < 4.78 is 0. The quantitative estimate of drug-likeness (QED) is 0.720. The van der Waals surface area contributed by atoms with Crippen molar-refractivity contribution in [1.29, 1.82) is 0 Å². The molecule has 1 aromatic heterocycles. The monoisotopic (exact) mass is 246 g/mol. The lowest BCUT2D eigenvalue weighted by atomic mass is 10.3. The van der Waals surface area contributed by atoms with E-state index in [4.69, 9.17) is 0 Å². The molecular weight excluding hydrogens is 224 g/mol. The minimum absolute atomic E-state index is 0. The highest BCUT2D eigenvalue weighted by Crippen LogP contribution is 1.95. The van der Waals surface area contributed by atoms with E-state index in [-0.39, 0.29) is 12.4 Å². The molecule has 0 bridgehead atoms. The Hall–Kier alpha value is -0.580. The van der Waals surface area contributed by atoms with Crippen molar-refractivity contribution in [2.24, 2.45) is 0 Å². The second kappa shape index (κ2) is 8.56. The number of likely N-dealkylation sites (N-methyl/N-ethyl adjacent to an activating group) is 1. The molecule has 16 heavy (non-hydrogen) atoms. The molecule has 0 atom stereocenters. The summed E-state index contributed by atoms with van der Waals surface area (Å²) in [5.74, 6) is 0. The van der Waals surface area contributed by atoms with Gasteiger partial charge in [0, 0.05) is 37.6 Å². The van der Waals surface area contributed by atoms with E-state index in [0.29, 0.717) is 6.04 Å². The van der Waals surface area contributed by atoms with Crippen molar-refractivity contribution in [2.75, 3.05) is 19.6 Å². The fourth-order valence-electron chi connectivity index (χ4n) is 1.61. The lowest BCUT2D eigenvalue weighted by Crippen LogP contribution is -2.36. The van der Waals surface area contributed by atoms with Gasteiger partial charge in [-0.1, -0.05) is 6.92 Å². The number of hydrogen-bond donors (Lipinski definition) is 2. The maximum atomic E-state index is 3.97. The molecule has 0 aliphatic heterocycles. The Morgan fingerprint density at radius 1 is 1.50 bits per heavy atom. The van der Waals surface area contributed by atoms with Crippen molar-refractivity contribution < 1.29 is 0 Å². The van der Waals surface area contributed by atoms with Crippen LogP contribution in [0.2, 0.25) is 0 Å². The van der Waals surface area contributed by atoms with Gasteiger partial charge in [-0.3, -0.25) is 4.90 Å². The minimum atomic E-state index is 0. The number of H-pyrrole nitrogens is 1. The Morgan fingerprint density at radius 2 is 2.25 bits per heavy atom. The molecule has 1 heterocycles. The summed E-state index contributed by atoms with van der Waals surface area (Å²) in [6, 6.07) is 0.629. The second-order valence-corrected chi connectivity index (χ2v) is 3.98. The van der Waals surface area contributed by atoms with Crippen molar-refractivity contribution in [3.8, 4) is 0 Å². The first-order chi connectivity index (χ1) is 7.24. The van der Waals surface area contributed by atoms with Crippen LogP contribution in [-0.2, 0) is 6.54 Å². The van der Waals surface area contributed by atoms with Gasteiger partial charge in [0.2, 0.25) is 0 Å². The van der Waals surface area contributed by atoms with Crippen molar-refractivity contribution in [3.05, 3.63) is 18.2 Å². The Balaban J connectivity index is 0.00000225. The zero-order valence-electron chi connectivity index (χ0n) is 10.4. The summed E-state index contributed by atoms with van der Waals surface area (Å²) in [5.41, 5.74) is 1.14. The standard InChI is InChI=1S/C11H22N4.ClH/c1-4-15(10(2)3)6-5-12-7-11-8-13-9-14-11;/h8-10,12H,4-7H2,1-3H3,(H,13,14);1H. The van der Waals surface area contributed by atoms with Gasteiger partial charge < -0.3 is 10.3 Å². The third-order valence-corrected chi connectivity index (χ3v) is 2.58. The van der Waals surface area contributed by atoms with Crippen molar-refractivity contribution in [3.63, 3.8) is 0 Å². The molecular formula is C11H23ClN4. The highest BCUT2D eigenvalue weighted by Gasteiger charge is 2.05. The third kappa shape index (κ3) is 5.49. The summed E-state index contributed by atoms with van der Waals surface area (Å²) in [6.07, 6.45) is 3.57. The number of hydrogen-bond acceptors (Lipinski definition) is 3. The smallest absolute Gasteiger partial charge is 0.0922 e. The highest BCUT2D eigenvalue weighted by molar-refractivity contribution is 5.85. The van der Waals surface area contributed by atoms with Crippen LogP contribution in [0, 0.1) is 0 Å². The average Bonchev–Trinajstić information content (AvgIpc) is 2.70. The molecule has 0 aromatic carbocycles. The summed E-state index contributed by atoms with van der Waals surface area (Å²) in [6.45, 7) is 10.8. The average molecular weight is 247 g/mol. The van der Waals surface area contributed by atoms with Crippen LogP contribution in [-0.4, -0.2) is 40.5 Å². The number of aromatic nitrogens is 2. The van der Waals surface area contributed by atoms with E-state index in [1.807, 2.05) is 6.20 Å². The van der Waals surface area contributed by atoms with Gasteiger partial charge in [-0.05, 0) is 20.4 Å². The van der Waals surface area contributed by atoms with Gasteiger partial charge in [-0.25, -0.2) is 4.98 Å². The van der Waals surface area contributed by atoms with E-state index in [2.05, 4.69) is 41.0 Å². The van der Waals surface area contributed by atoms with Gasteiger partial charge in [0.05, 0.1) is 6.33 Å². The van der Waals surface area contributed by atoms with E-state index in [9.17, 15) is 0 Å². The number of halogens is 1. The molecule has 0 fully saturated rings. The van der Waals surface area contributed by atoms with Crippen LogP contribution in [0.25, 0.3) is 0 Å². The molecule has 0 aliphatic carbocycles. The normalized spacial score (nSPS) is 10.8. The van der Waals surface area contributed by atoms with Crippen LogP contribution < -0.4 is 5.32 Å². The maximum Gasteiger partial charge on any atom is 0.0922 e. The van der Waals surface area contributed by atoms with Crippen LogP contribution in [0.15, 0.2) is 12.5 Å². The fourth-order valence-corrected chi connectivity index (χ4v) is 1.61. The zero-order valence-corrected chi connectivity index (χ0v) is 11.2. The highest BCUT2D eigenvalue weighted by atomic mass is 35.5. The zero-order chi connectivity index (χ0) is 11.1. The Morgan fingerprint density at radius 3 is 2.75 bits per heavy atom. The van der Waals surface area contributed by atoms with Crippen molar-refractivity contribution >= 4 is 12.4 Å². The molecule has 2 N–H and O–H groups in total. The van der Waals surface area contributed by atoms with Crippen molar-refractivity contribution in [2.45, 2.75) is 33.4 Å². The molecule has 0 unspecified atom stereocenters. The minimum Gasteiger partial charge on any atom is -0.347 e. The molecule has 0 amide bonds. The van der Waals surface area contributed by atoms with E-state index < -0.39 is 0 Å². The van der Waals surface area contributed by atoms with E-state index >= 15 is 0 Å². The van der Waals surface area contributed by atoms with Crippen LogP contribution in [0.1, 0.15) is 26.5 Å². The summed E-state index contributed by atoms with van der Waals surface area (Å²) in [7, 11) is 0. The van der Waals surface area contributed by atoms with E-state index in [0.717, 1.165) is 31.9 Å². The number of nitrogens with one attached hydrogen (secondary N) is 2. The van der Waals surface area contributed by atoms with Gasteiger partial charge in [0.1, 0.15) is 0 Å². The Labute approximate surface area is 104 Å². The fraction of sp³-hybridized carbons (Fsp3) is 0.727. The third-order valence-electron chi connectivity index (χ3n) is 2.58. The molecule has 1 rings (SSSR count). The van der Waals surface area contributed by atoms with E-state index in [1.54, 1.807) is 6.33 Å². The molecule has 0 radical (unpaired) electrons. The molecule has 4 nitrogen and oxygen atoms in total. The maximum absolute atomic E-state index is 3.97. The number of rotatable bonds is 7. The van der Waals surface area contributed by atoms with Crippen LogP contribution >= 0.6 is 12.4 Å². The molecule has 1 aromatic rings. The van der Waals surface area contributed by atoms with Gasteiger partial charge >= 0.3 is 0 Å². The van der Waals surface area contributed by atoms with Crippen LogP contribution in [0.4, 0.5) is 0 Å². The van der Waals surface area contributed by atoms with Crippen LogP contribution in [0.3, 0.4) is 0 Å². The molecule has 0 saturated carbocycles. The molecule has 5 heteroatoms. The number of imidazole rings is 1. The number of nitrogens with zero attached hydrogens (tertiary/aromatic N) is 2. The van der Waals surface area contributed by atoms with Gasteiger partial charge in [-0.15, -0.1) is 12.4 Å². The van der Waals surface area contributed by atoms with Gasteiger partial charge in [0.15, 0.2) is 0 Å². The number of aromatic amines is 1. The molecule has 0 spiro atoms. The Kier molecular flexibility index (Phi) is 8.25. The predicted octanol–water partition coefficient (Wildman–Crippen LogP) is 1.65. The SMILES string of the molecule is CCN(CCNCc1cnc[nH]1)C(C)C.Cl. The predicted molar refractivity (Wildman–Crippen MR) is 69.9 cm³/mol. The first-order valence-corrected chi connectivity index (χ1v) is 5.66. The summed E-state index contributed by atoms with van der Waals surface area (Å²) >= 11 is 0. The lowest BCUT2D eigenvalue weighted by molar-refractivity contribution is 0.233. The summed E-state index contributed by atoms with van der Waals surface area (Å²) in [5, 5.41) is 3.39. The summed E-state index contributed by atoms with van der Waals surface area (Å²) in [4.78, 5) is 9.49. The first kappa shape index (κ1) is 15.4. The first-order valence-electron chi connectivity index (χ1n) is 5.66. The molecule has 0 aliphatic rings. The van der Waals surface area contributed by atoms with Crippen molar-refractivity contribution in [1.82, 2.24) is 20.2 Å². The molecule has 0 saturated heterocycles. The van der Waals surface area contributed by atoms with Crippen LogP contribution in [0.5, 0.6) is 0 Å². The van der Waals surface area contributed by atoms with Gasteiger partial charge in [0.25, 0.3) is 0 Å². The Bertz CT molecular complexity index is 248. The largest absolute Gasteiger partial charge is 0.347 e.